The Bertz CT molecular complexity index is 1070. The number of aryl methyl sites for hydroxylation is 1. The lowest BCUT2D eigenvalue weighted by atomic mass is 10.0. The zero-order valence-corrected chi connectivity index (χ0v) is 15.6. The fourth-order valence-electron chi connectivity index (χ4n) is 2.63. The Labute approximate surface area is 164 Å². The van der Waals surface area contributed by atoms with E-state index < -0.39 is 0 Å². The summed E-state index contributed by atoms with van der Waals surface area (Å²) in [6, 6.07) is 10.8. The van der Waals surface area contributed by atoms with Gasteiger partial charge in [-0.3, -0.25) is 14.8 Å². The van der Waals surface area contributed by atoms with Crippen LogP contribution in [-0.2, 0) is 6.54 Å². The Balaban J connectivity index is 1.54. The molecule has 0 radical (unpaired) electrons. The molecule has 0 fully saturated rings. The van der Waals surface area contributed by atoms with Crippen molar-refractivity contribution in [1.82, 2.24) is 25.2 Å². The number of carbonyl (C=O) groups excluding carboxylic acids is 1. The lowest BCUT2D eigenvalue weighted by molar-refractivity contribution is 0.102. The molecule has 0 unspecified atom stereocenters. The molecule has 28 heavy (non-hydrogen) atoms. The van der Waals surface area contributed by atoms with E-state index in [1.54, 1.807) is 35.2 Å². The van der Waals surface area contributed by atoms with Crippen LogP contribution in [-0.4, -0.2) is 37.6 Å². The average Bonchev–Trinajstić information content (AvgIpc) is 3.47. The highest BCUT2D eigenvalue weighted by Crippen LogP contribution is 2.28. The maximum Gasteiger partial charge on any atom is 0.258 e. The number of hydrogen-bond acceptors (Lipinski definition) is 8. The Hall–Kier alpha value is -3.37. The molecule has 3 heterocycles. The number of hydrogen-bond donors (Lipinski definition) is 2. The van der Waals surface area contributed by atoms with E-state index in [0.717, 1.165) is 6.42 Å². The lowest BCUT2D eigenvalue weighted by Crippen LogP contribution is -2.13. The largest absolute Gasteiger partial charge is 0.462 e. The highest BCUT2D eigenvalue weighted by atomic mass is 32.1. The number of rotatable bonds is 7. The van der Waals surface area contributed by atoms with Crippen molar-refractivity contribution in [2.75, 3.05) is 11.9 Å². The van der Waals surface area contributed by atoms with Crippen molar-refractivity contribution >= 4 is 22.4 Å². The molecule has 9 nitrogen and oxygen atoms in total. The Morgan fingerprint density at radius 2 is 2.07 bits per heavy atom. The number of aromatic nitrogens is 5. The first-order valence-corrected chi connectivity index (χ1v) is 9.44. The summed E-state index contributed by atoms with van der Waals surface area (Å²) in [5.41, 5.74) is 7.32. The molecule has 10 heteroatoms. The number of carbonyl (C=O) groups is 1. The second-order valence-corrected chi connectivity index (χ2v) is 6.88. The van der Waals surface area contributed by atoms with Gasteiger partial charge in [0, 0.05) is 17.7 Å². The molecule has 4 aromatic rings. The number of nitrogens with zero attached hydrogens (tertiary/aromatic N) is 5. The van der Waals surface area contributed by atoms with Crippen molar-refractivity contribution in [3.05, 3.63) is 54.4 Å². The molecule has 0 aliphatic carbocycles. The highest BCUT2D eigenvalue weighted by Gasteiger charge is 2.17. The van der Waals surface area contributed by atoms with Crippen molar-refractivity contribution in [3.8, 4) is 22.0 Å². The first-order valence-electron chi connectivity index (χ1n) is 8.63. The topological polar surface area (TPSA) is 125 Å². The number of benzene rings is 1. The van der Waals surface area contributed by atoms with Crippen molar-refractivity contribution in [2.24, 2.45) is 5.73 Å². The van der Waals surface area contributed by atoms with Gasteiger partial charge in [-0.2, -0.15) is 0 Å². The fourth-order valence-corrected chi connectivity index (χ4v) is 3.33. The van der Waals surface area contributed by atoms with E-state index in [-0.39, 0.29) is 5.91 Å². The van der Waals surface area contributed by atoms with Crippen LogP contribution in [0.5, 0.6) is 0 Å². The van der Waals surface area contributed by atoms with Gasteiger partial charge in [0.05, 0.1) is 12.5 Å². The molecule has 3 aromatic heterocycles. The first-order chi connectivity index (χ1) is 13.7. The highest BCUT2D eigenvalue weighted by molar-refractivity contribution is 7.18. The third-order valence-corrected chi connectivity index (χ3v) is 4.81. The number of furan rings is 1. The van der Waals surface area contributed by atoms with Gasteiger partial charge >= 0.3 is 0 Å². The smallest absolute Gasteiger partial charge is 0.258 e. The van der Waals surface area contributed by atoms with Gasteiger partial charge in [0.1, 0.15) is 5.69 Å². The normalized spacial score (nSPS) is 10.9. The van der Waals surface area contributed by atoms with Crippen LogP contribution in [0.25, 0.3) is 22.0 Å². The molecular formula is C18H17N7O2S. The maximum atomic E-state index is 12.8. The van der Waals surface area contributed by atoms with Crippen molar-refractivity contribution in [3.63, 3.8) is 0 Å². The Kier molecular flexibility index (Phi) is 5.22. The predicted molar refractivity (Wildman–Crippen MR) is 105 cm³/mol. The fraction of sp³-hybridized carbons (Fsp3) is 0.167. The van der Waals surface area contributed by atoms with Crippen LogP contribution in [0.4, 0.5) is 5.13 Å². The average molecular weight is 395 g/mol. The van der Waals surface area contributed by atoms with Gasteiger partial charge < -0.3 is 10.2 Å². The number of nitrogens with two attached hydrogens (primary N) is 1. The number of anilines is 1. The van der Waals surface area contributed by atoms with Crippen LogP contribution in [0.3, 0.4) is 0 Å². The van der Waals surface area contributed by atoms with Gasteiger partial charge in [-0.25, -0.2) is 0 Å². The van der Waals surface area contributed by atoms with Crippen LogP contribution in [0, 0.1) is 0 Å². The summed E-state index contributed by atoms with van der Waals surface area (Å²) in [7, 11) is 0. The molecule has 4 rings (SSSR count). The van der Waals surface area contributed by atoms with Crippen LogP contribution in [0.2, 0.25) is 0 Å². The van der Waals surface area contributed by atoms with Crippen LogP contribution in [0.15, 0.2) is 53.3 Å². The summed E-state index contributed by atoms with van der Waals surface area (Å²) >= 11 is 1.24. The minimum atomic E-state index is -0.297. The maximum absolute atomic E-state index is 12.8. The van der Waals surface area contributed by atoms with E-state index in [2.05, 4.69) is 25.8 Å². The standard InChI is InChI=1S/C18H17N7O2S/c19-8-4-9-25-11-14(21-24-25)12-5-1-2-6-13(12)16(26)20-18-23-22-17(28-18)15-7-3-10-27-15/h1-3,5-7,10-11H,4,8-9,19H2,(H,20,23,26). The van der Waals surface area contributed by atoms with E-state index in [4.69, 9.17) is 10.2 Å². The quantitative estimate of drug-likeness (QED) is 0.493. The van der Waals surface area contributed by atoms with Crippen LogP contribution in [0.1, 0.15) is 16.8 Å². The Morgan fingerprint density at radius 1 is 1.18 bits per heavy atom. The van der Waals surface area contributed by atoms with Crippen LogP contribution >= 0.6 is 11.3 Å². The summed E-state index contributed by atoms with van der Waals surface area (Å²) in [6.45, 7) is 1.26. The predicted octanol–water partition coefficient (Wildman–Crippen LogP) is 2.66. The summed E-state index contributed by atoms with van der Waals surface area (Å²) in [4.78, 5) is 12.8. The molecule has 1 amide bonds. The molecular weight excluding hydrogens is 378 g/mol. The zero-order valence-electron chi connectivity index (χ0n) is 14.8. The molecule has 0 spiro atoms. The summed E-state index contributed by atoms with van der Waals surface area (Å²) in [5.74, 6) is 0.307. The van der Waals surface area contributed by atoms with Crippen LogP contribution < -0.4 is 11.1 Å². The second kappa shape index (κ2) is 8.11. The van der Waals surface area contributed by atoms with Gasteiger partial charge in [0.25, 0.3) is 5.91 Å². The molecule has 0 aliphatic heterocycles. The van der Waals surface area contributed by atoms with Crippen molar-refractivity contribution in [2.45, 2.75) is 13.0 Å². The second-order valence-electron chi connectivity index (χ2n) is 5.90. The van der Waals surface area contributed by atoms with Gasteiger partial charge in [0.2, 0.25) is 5.13 Å². The Morgan fingerprint density at radius 3 is 2.89 bits per heavy atom. The molecule has 0 saturated heterocycles. The van der Waals surface area contributed by atoms with Gasteiger partial charge in [-0.1, -0.05) is 34.7 Å². The summed E-state index contributed by atoms with van der Waals surface area (Å²) in [5, 5.41) is 20.1. The van der Waals surface area contributed by atoms with Crippen molar-refractivity contribution in [1.29, 1.82) is 0 Å². The molecule has 3 N–H and O–H groups in total. The number of amides is 1. The van der Waals surface area contributed by atoms with E-state index in [9.17, 15) is 4.79 Å². The van der Waals surface area contributed by atoms with Gasteiger partial charge in [-0.15, -0.1) is 15.3 Å². The van der Waals surface area contributed by atoms with Gasteiger partial charge in [0.15, 0.2) is 10.8 Å². The molecule has 0 aliphatic rings. The third kappa shape index (κ3) is 3.82. The van der Waals surface area contributed by atoms with E-state index in [0.29, 0.717) is 45.8 Å². The monoisotopic (exact) mass is 395 g/mol. The van der Waals surface area contributed by atoms with Gasteiger partial charge in [-0.05, 0) is 31.2 Å². The molecule has 1 aromatic carbocycles. The summed E-state index contributed by atoms with van der Waals surface area (Å²) in [6.07, 6.45) is 4.17. The summed E-state index contributed by atoms with van der Waals surface area (Å²) < 4.78 is 7.02. The minimum Gasteiger partial charge on any atom is -0.462 e. The first kappa shape index (κ1) is 18.0. The molecule has 142 valence electrons. The van der Waals surface area contributed by atoms with E-state index >= 15 is 0 Å². The zero-order chi connectivity index (χ0) is 19.3. The number of nitrogens with one attached hydrogen (secondary N) is 1. The SMILES string of the molecule is NCCCn1cc(-c2ccccc2C(=O)Nc2nnc(-c3ccco3)s2)nn1. The minimum absolute atomic E-state index is 0.297. The molecule has 0 saturated carbocycles. The third-order valence-electron chi connectivity index (χ3n) is 3.96. The van der Waals surface area contributed by atoms with E-state index in [1.807, 2.05) is 18.3 Å². The molecule has 0 atom stereocenters. The van der Waals surface area contributed by atoms with E-state index in [1.165, 1.54) is 11.3 Å². The molecule has 0 bridgehead atoms. The van der Waals surface area contributed by atoms with Crippen molar-refractivity contribution < 1.29 is 9.21 Å². The lowest BCUT2D eigenvalue weighted by Gasteiger charge is -2.06.